The van der Waals surface area contributed by atoms with Crippen LogP contribution in [-0.4, -0.2) is 24.4 Å². The second-order valence-electron chi connectivity index (χ2n) is 6.88. The molecule has 0 aromatic carbocycles. The fraction of sp³-hybridized carbons (Fsp3) is 1.00. The van der Waals surface area contributed by atoms with Crippen molar-refractivity contribution in [3.63, 3.8) is 0 Å². The van der Waals surface area contributed by atoms with Gasteiger partial charge in [-0.25, -0.2) is 0 Å². The van der Waals surface area contributed by atoms with Crippen LogP contribution in [0, 0.1) is 22.7 Å². The molecular formula is C14H24O2. The molecule has 3 rings (SSSR count). The molecule has 0 aromatic heterocycles. The zero-order valence-corrected chi connectivity index (χ0v) is 10.8. The van der Waals surface area contributed by atoms with Gasteiger partial charge >= 0.3 is 0 Å². The van der Waals surface area contributed by atoms with Crippen LogP contribution in [0.2, 0.25) is 0 Å². The van der Waals surface area contributed by atoms with Crippen LogP contribution in [0.25, 0.3) is 0 Å². The summed E-state index contributed by atoms with van der Waals surface area (Å²) in [6.45, 7) is 5.25. The van der Waals surface area contributed by atoms with Gasteiger partial charge in [-0.05, 0) is 36.5 Å². The summed E-state index contributed by atoms with van der Waals surface area (Å²) in [6, 6.07) is 0. The molecule has 2 heteroatoms. The van der Waals surface area contributed by atoms with E-state index in [2.05, 4.69) is 13.8 Å². The van der Waals surface area contributed by atoms with Gasteiger partial charge < -0.3 is 9.84 Å². The molecule has 5 atom stereocenters. The maximum absolute atomic E-state index is 10.9. The zero-order valence-electron chi connectivity index (χ0n) is 10.8. The standard InChI is InChI=1S/C14H24O2/c1-12-6-4-5-10-7-13(12,2)14(15,9-16-3)8-11(10)12/h10-11,15H,4-9H2,1-3H3. The molecule has 3 aliphatic carbocycles. The normalized spacial score (nSPS) is 59.2. The molecule has 0 heterocycles. The predicted molar refractivity (Wildman–Crippen MR) is 63.1 cm³/mol. The van der Waals surface area contributed by atoms with E-state index in [-0.39, 0.29) is 5.41 Å². The molecule has 0 saturated heterocycles. The summed E-state index contributed by atoms with van der Waals surface area (Å²) in [7, 11) is 1.71. The van der Waals surface area contributed by atoms with Crippen molar-refractivity contribution in [2.75, 3.05) is 13.7 Å². The minimum atomic E-state index is -0.567. The molecule has 3 saturated carbocycles. The van der Waals surface area contributed by atoms with Gasteiger partial charge in [0, 0.05) is 12.5 Å². The smallest absolute Gasteiger partial charge is 0.0941 e. The molecular weight excluding hydrogens is 200 g/mol. The zero-order chi connectivity index (χ0) is 11.6. The van der Waals surface area contributed by atoms with Crippen molar-refractivity contribution >= 4 is 0 Å². The van der Waals surface area contributed by atoms with E-state index in [1.165, 1.54) is 25.7 Å². The molecule has 1 N–H and O–H groups in total. The Kier molecular flexibility index (Phi) is 2.09. The Hall–Kier alpha value is -0.0800. The summed E-state index contributed by atoms with van der Waals surface area (Å²) in [4.78, 5) is 0. The Morgan fingerprint density at radius 3 is 2.69 bits per heavy atom. The highest BCUT2D eigenvalue weighted by Crippen LogP contribution is 2.75. The predicted octanol–water partition coefficient (Wildman–Crippen LogP) is 2.60. The van der Waals surface area contributed by atoms with E-state index in [1.807, 2.05) is 0 Å². The Morgan fingerprint density at radius 2 is 2.06 bits per heavy atom. The quantitative estimate of drug-likeness (QED) is 0.781. The number of methoxy groups -OCH3 is 1. The summed E-state index contributed by atoms with van der Waals surface area (Å²) in [5.74, 6) is 1.62. The topological polar surface area (TPSA) is 29.5 Å². The number of hydrogen-bond donors (Lipinski definition) is 1. The summed E-state index contributed by atoms with van der Waals surface area (Å²) >= 11 is 0. The van der Waals surface area contributed by atoms with Crippen LogP contribution in [-0.2, 0) is 4.74 Å². The molecule has 92 valence electrons. The SMILES string of the molecule is COCC1(O)CC2C3CCCC2(C)C1(C)C3. The highest BCUT2D eigenvalue weighted by molar-refractivity contribution is 5.22. The number of ether oxygens (including phenoxy) is 1. The molecule has 0 radical (unpaired) electrons. The lowest BCUT2D eigenvalue weighted by Gasteiger charge is -2.46. The molecule has 0 amide bonds. The molecule has 0 spiro atoms. The van der Waals surface area contributed by atoms with Crippen LogP contribution in [0.5, 0.6) is 0 Å². The third kappa shape index (κ3) is 0.971. The lowest BCUT2D eigenvalue weighted by Crippen LogP contribution is -2.50. The Morgan fingerprint density at radius 1 is 1.31 bits per heavy atom. The highest BCUT2D eigenvalue weighted by atomic mass is 16.5. The van der Waals surface area contributed by atoms with Gasteiger partial charge in [0.2, 0.25) is 0 Å². The first-order chi connectivity index (χ1) is 7.47. The number of aliphatic hydroxyl groups is 1. The van der Waals surface area contributed by atoms with Crippen LogP contribution >= 0.6 is 0 Å². The lowest BCUT2D eigenvalue weighted by molar-refractivity contribution is -0.131. The molecule has 2 nitrogen and oxygen atoms in total. The first kappa shape index (κ1) is 11.0. The minimum Gasteiger partial charge on any atom is -0.387 e. The third-order valence-electron chi connectivity index (χ3n) is 6.56. The van der Waals surface area contributed by atoms with Gasteiger partial charge in [0.25, 0.3) is 0 Å². The number of rotatable bonds is 2. The van der Waals surface area contributed by atoms with Gasteiger partial charge in [0.15, 0.2) is 0 Å². The molecule has 0 aliphatic heterocycles. The molecule has 16 heavy (non-hydrogen) atoms. The van der Waals surface area contributed by atoms with E-state index in [0.29, 0.717) is 12.0 Å². The van der Waals surface area contributed by atoms with Crippen LogP contribution in [0.3, 0.4) is 0 Å². The monoisotopic (exact) mass is 224 g/mol. The summed E-state index contributed by atoms with van der Waals surface area (Å²) in [5, 5.41) is 10.9. The average Bonchev–Trinajstić information content (AvgIpc) is 2.46. The van der Waals surface area contributed by atoms with E-state index in [1.54, 1.807) is 7.11 Å². The van der Waals surface area contributed by atoms with Gasteiger partial charge in [-0.3, -0.25) is 0 Å². The van der Waals surface area contributed by atoms with E-state index < -0.39 is 5.60 Å². The first-order valence-electron chi connectivity index (χ1n) is 6.68. The van der Waals surface area contributed by atoms with Gasteiger partial charge in [0.1, 0.15) is 0 Å². The minimum absolute atomic E-state index is 0.0852. The number of hydrogen-bond acceptors (Lipinski definition) is 2. The second kappa shape index (κ2) is 3.02. The molecule has 3 fully saturated rings. The van der Waals surface area contributed by atoms with E-state index in [9.17, 15) is 5.11 Å². The van der Waals surface area contributed by atoms with Crippen LogP contribution in [0.4, 0.5) is 0 Å². The van der Waals surface area contributed by atoms with Crippen molar-refractivity contribution in [3.8, 4) is 0 Å². The summed E-state index contributed by atoms with van der Waals surface area (Å²) < 4.78 is 5.29. The van der Waals surface area contributed by atoms with Gasteiger partial charge in [-0.2, -0.15) is 0 Å². The lowest BCUT2D eigenvalue weighted by atomic mass is 9.62. The largest absolute Gasteiger partial charge is 0.387 e. The molecule has 5 unspecified atom stereocenters. The van der Waals surface area contributed by atoms with Crippen molar-refractivity contribution in [2.24, 2.45) is 22.7 Å². The Labute approximate surface area is 98.4 Å². The molecule has 3 aliphatic rings. The van der Waals surface area contributed by atoms with E-state index in [0.717, 1.165) is 18.3 Å². The van der Waals surface area contributed by atoms with Crippen LogP contribution in [0.15, 0.2) is 0 Å². The van der Waals surface area contributed by atoms with Crippen molar-refractivity contribution in [1.29, 1.82) is 0 Å². The molecule has 4 bridgehead atoms. The average molecular weight is 224 g/mol. The Balaban J connectivity index is 2.02. The van der Waals surface area contributed by atoms with E-state index in [4.69, 9.17) is 4.74 Å². The fourth-order valence-corrected chi connectivity index (χ4v) is 5.48. The van der Waals surface area contributed by atoms with Crippen molar-refractivity contribution in [3.05, 3.63) is 0 Å². The first-order valence-corrected chi connectivity index (χ1v) is 6.68. The van der Waals surface area contributed by atoms with Crippen LogP contribution < -0.4 is 0 Å². The van der Waals surface area contributed by atoms with Crippen molar-refractivity contribution in [1.82, 2.24) is 0 Å². The maximum Gasteiger partial charge on any atom is 0.0941 e. The van der Waals surface area contributed by atoms with Gasteiger partial charge in [-0.1, -0.05) is 26.7 Å². The summed E-state index contributed by atoms with van der Waals surface area (Å²) in [5.41, 5.74) is -0.118. The highest BCUT2D eigenvalue weighted by Gasteiger charge is 2.73. The van der Waals surface area contributed by atoms with Crippen LogP contribution in [0.1, 0.15) is 46.0 Å². The second-order valence-corrected chi connectivity index (χ2v) is 6.88. The fourth-order valence-electron chi connectivity index (χ4n) is 5.48. The third-order valence-corrected chi connectivity index (χ3v) is 6.56. The molecule has 0 aromatic rings. The van der Waals surface area contributed by atoms with Crippen molar-refractivity contribution < 1.29 is 9.84 Å². The van der Waals surface area contributed by atoms with Crippen molar-refractivity contribution in [2.45, 2.75) is 51.6 Å². The maximum atomic E-state index is 10.9. The Bertz CT molecular complexity index is 316. The van der Waals surface area contributed by atoms with Gasteiger partial charge in [0.05, 0.1) is 12.2 Å². The van der Waals surface area contributed by atoms with E-state index >= 15 is 0 Å². The van der Waals surface area contributed by atoms with Gasteiger partial charge in [-0.15, -0.1) is 0 Å². The summed E-state index contributed by atoms with van der Waals surface area (Å²) in [6.07, 6.45) is 6.23.